The standard InChI is InChI=1S/C13H18N2O3S/c14-11-3-1-2-4-13(11)19(17,18)15-7-9-5-6-12(16)10(9)8-15/h1-4,9-10,12,16H,5-8,14H2. The molecule has 3 unspecified atom stereocenters. The Balaban J connectivity index is 1.89. The van der Waals surface area contributed by atoms with E-state index in [1.807, 2.05) is 0 Å². The normalized spacial score (nSPS) is 31.5. The highest BCUT2D eigenvalue weighted by Gasteiger charge is 2.45. The number of nitrogens with zero attached hydrogens (tertiary/aromatic N) is 1. The molecule has 1 saturated heterocycles. The zero-order valence-electron chi connectivity index (χ0n) is 10.6. The van der Waals surface area contributed by atoms with Gasteiger partial charge in [0, 0.05) is 19.0 Å². The van der Waals surface area contributed by atoms with E-state index in [4.69, 9.17) is 5.73 Å². The van der Waals surface area contributed by atoms with Crippen LogP contribution in [0.5, 0.6) is 0 Å². The van der Waals surface area contributed by atoms with Crippen LogP contribution in [0.1, 0.15) is 12.8 Å². The topological polar surface area (TPSA) is 83.6 Å². The first-order chi connectivity index (χ1) is 9.00. The van der Waals surface area contributed by atoms with Crippen molar-refractivity contribution in [2.24, 2.45) is 11.8 Å². The van der Waals surface area contributed by atoms with Gasteiger partial charge in [0.2, 0.25) is 10.0 Å². The molecule has 1 aromatic rings. The minimum atomic E-state index is -3.54. The molecule has 2 fully saturated rings. The molecular weight excluding hydrogens is 264 g/mol. The van der Waals surface area contributed by atoms with Gasteiger partial charge in [-0.05, 0) is 30.9 Å². The molecule has 0 bridgehead atoms. The molecule has 104 valence electrons. The monoisotopic (exact) mass is 282 g/mol. The number of benzene rings is 1. The van der Waals surface area contributed by atoms with Crippen molar-refractivity contribution >= 4 is 15.7 Å². The van der Waals surface area contributed by atoms with E-state index in [9.17, 15) is 13.5 Å². The number of nitrogens with two attached hydrogens (primary N) is 1. The highest BCUT2D eigenvalue weighted by atomic mass is 32.2. The molecule has 1 saturated carbocycles. The van der Waals surface area contributed by atoms with E-state index in [1.54, 1.807) is 18.2 Å². The molecule has 3 N–H and O–H groups in total. The van der Waals surface area contributed by atoms with Gasteiger partial charge in [0.25, 0.3) is 0 Å². The molecule has 3 atom stereocenters. The third-order valence-electron chi connectivity index (χ3n) is 4.32. The van der Waals surface area contributed by atoms with E-state index in [0.29, 0.717) is 13.1 Å². The summed E-state index contributed by atoms with van der Waals surface area (Å²) in [6.07, 6.45) is 1.33. The van der Waals surface area contributed by atoms with Crippen LogP contribution in [-0.4, -0.2) is 37.0 Å². The van der Waals surface area contributed by atoms with Crippen LogP contribution in [0.15, 0.2) is 29.2 Å². The number of nitrogen functional groups attached to an aromatic ring is 1. The molecule has 6 heteroatoms. The number of fused-ring (bicyclic) bond motifs is 1. The fourth-order valence-electron chi connectivity index (χ4n) is 3.25. The van der Waals surface area contributed by atoms with Gasteiger partial charge in [-0.15, -0.1) is 0 Å². The minimum absolute atomic E-state index is 0.0831. The van der Waals surface area contributed by atoms with E-state index < -0.39 is 10.0 Å². The maximum atomic E-state index is 12.6. The molecule has 0 aromatic heterocycles. The van der Waals surface area contributed by atoms with Gasteiger partial charge in [0.1, 0.15) is 4.90 Å². The SMILES string of the molecule is Nc1ccccc1S(=O)(=O)N1CC2CCC(O)C2C1. The number of hydrogen-bond acceptors (Lipinski definition) is 4. The fraction of sp³-hybridized carbons (Fsp3) is 0.538. The van der Waals surface area contributed by atoms with Crippen LogP contribution in [0.4, 0.5) is 5.69 Å². The maximum absolute atomic E-state index is 12.6. The molecule has 1 aromatic carbocycles. The Morgan fingerprint density at radius 3 is 2.63 bits per heavy atom. The van der Waals surface area contributed by atoms with Gasteiger partial charge in [-0.2, -0.15) is 4.31 Å². The number of aliphatic hydroxyl groups excluding tert-OH is 1. The van der Waals surface area contributed by atoms with E-state index in [1.165, 1.54) is 10.4 Å². The van der Waals surface area contributed by atoms with E-state index in [2.05, 4.69) is 0 Å². The number of aliphatic hydroxyl groups is 1. The van der Waals surface area contributed by atoms with Crippen molar-refractivity contribution in [2.45, 2.75) is 23.8 Å². The predicted octanol–water partition coefficient (Wildman–Crippen LogP) is 0.660. The molecule has 5 nitrogen and oxygen atoms in total. The molecule has 1 heterocycles. The zero-order chi connectivity index (χ0) is 13.6. The lowest BCUT2D eigenvalue weighted by Crippen LogP contribution is -2.31. The summed E-state index contributed by atoms with van der Waals surface area (Å²) < 4.78 is 26.6. The van der Waals surface area contributed by atoms with Crippen LogP contribution in [0.25, 0.3) is 0 Å². The van der Waals surface area contributed by atoms with Crippen LogP contribution in [0.3, 0.4) is 0 Å². The summed E-state index contributed by atoms with van der Waals surface area (Å²) in [4.78, 5) is 0.171. The van der Waals surface area contributed by atoms with Gasteiger partial charge in [-0.1, -0.05) is 12.1 Å². The van der Waals surface area contributed by atoms with Gasteiger partial charge in [0.05, 0.1) is 11.8 Å². The van der Waals surface area contributed by atoms with Gasteiger partial charge < -0.3 is 10.8 Å². The third-order valence-corrected chi connectivity index (χ3v) is 6.23. The summed E-state index contributed by atoms with van der Waals surface area (Å²) >= 11 is 0. The molecule has 1 aliphatic carbocycles. The number of anilines is 1. The van der Waals surface area contributed by atoms with Crippen LogP contribution in [0, 0.1) is 11.8 Å². The average Bonchev–Trinajstić information content (AvgIpc) is 2.93. The van der Waals surface area contributed by atoms with Crippen molar-refractivity contribution in [1.82, 2.24) is 4.31 Å². The van der Waals surface area contributed by atoms with Crippen molar-refractivity contribution in [3.8, 4) is 0 Å². The Kier molecular flexibility index (Phi) is 3.03. The second-order valence-corrected chi connectivity index (χ2v) is 7.33. The maximum Gasteiger partial charge on any atom is 0.245 e. The van der Waals surface area contributed by atoms with Crippen molar-refractivity contribution in [3.05, 3.63) is 24.3 Å². The molecule has 3 rings (SSSR count). The second kappa shape index (κ2) is 4.47. The Bertz CT molecular complexity index is 587. The predicted molar refractivity (Wildman–Crippen MR) is 71.8 cm³/mol. The zero-order valence-corrected chi connectivity index (χ0v) is 11.4. The lowest BCUT2D eigenvalue weighted by atomic mass is 10.00. The van der Waals surface area contributed by atoms with Gasteiger partial charge >= 0.3 is 0 Å². The fourth-order valence-corrected chi connectivity index (χ4v) is 4.90. The Morgan fingerprint density at radius 2 is 1.95 bits per heavy atom. The molecular formula is C13H18N2O3S. The van der Waals surface area contributed by atoms with Crippen molar-refractivity contribution < 1.29 is 13.5 Å². The smallest absolute Gasteiger partial charge is 0.245 e. The first-order valence-electron chi connectivity index (χ1n) is 6.53. The van der Waals surface area contributed by atoms with E-state index in [0.717, 1.165) is 12.8 Å². The largest absolute Gasteiger partial charge is 0.398 e. The van der Waals surface area contributed by atoms with Gasteiger partial charge in [0.15, 0.2) is 0 Å². The van der Waals surface area contributed by atoms with Crippen LogP contribution < -0.4 is 5.73 Å². The molecule has 1 aliphatic heterocycles. The summed E-state index contributed by atoms with van der Waals surface area (Å²) in [7, 11) is -3.54. The van der Waals surface area contributed by atoms with Gasteiger partial charge in [-0.3, -0.25) is 0 Å². The number of rotatable bonds is 2. The Labute approximate surface area is 113 Å². The lowest BCUT2D eigenvalue weighted by molar-refractivity contribution is 0.129. The van der Waals surface area contributed by atoms with Crippen molar-refractivity contribution in [3.63, 3.8) is 0 Å². The Hall–Kier alpha value is -1.11. The van der Waals surface area contributed by atoms with E-state index >= 15 is 0 Å². The molecule has 2 aliphatic rings. The van der Waals surface area contributed by atoms with Crippen molar-refractivity contribution in [1.29, 1.82) is 0 Å². The van der Waals surface area contributed by atoms with Crippen LogP contribution >= 0.6 is 0 Å². The number of sulfonamides is 1. The van der Waals surface area contributed by atoms with Crippen LogP contribution in [-0.2, 0) is 10.0 Å². The van der Waals surface area contributed by atoms with Crippen molar-refractivity contribution in [2.75, 3.05) is 18.8 Å². The van der Waals surface area contributed by atoms with Gasteiger partial charge in [-0.25, -0.2) is 8.42 Å². The minimum Gasteiger partial charge on any atom is -0.398 e. The number of hydrogen-bond donors (Lipinski definition) is 2. The summed E-state index contributed by atoms with van der Waals surface area (Å²) in [6.45, 7) is 0.904. The Morgan fingerprint density at radius 1 is 1.21 bits per heavy atom. The second-order valence-electron chi connectivity index (χ2n) is 5.43. The summed E-state index contributed by atoms with van der Waals surface area (Å²) in [5, 5.41) is 9.86. The molecule has 0 spiro atoms. The van der Waals surface area contributed by atoms with Crippen LogP contribution in [0.2, 0.25) is 0 Å². The third kappa shape index (κ3) is 2.04. The summed E-state index contributed by atoms with van der Waals surface area (Å²) in [5.41, 5.74) is 6.04. The average molecular weight is 282 g/mol. The lowest BCUT2D eigenvalue weighted by Gasteiger charge is -2.19. The molecule has 0 radical (unpaired) electrons. The quantitative estimate of drug-likeness (QED) is 0.781. The first kappa shape index (κ1) is 12.9. The summed E-state index contributed by atoms with van der Waals surface area (Å²) in [6, 6.07) is 6.53. The summed E-state index contributed by atoms with van der Waals surface area (Å²) in [5.74, 6) is 0.370. The highest BCUT2D eigenvalue weighted by Crippen LogP contribution is 2.40. The highest BCUT2D eigenvalue weighted by molar-refractivity contribution is 7.89. The first-order valence-corrected chi connectivity index (χ1v) is 7.97. The number of para-hydroxylation sites is 1. The molecule has 0 amide bonds. The molecule has 19 heavy (non-hydrogen) atoms. The van der Waals surface area contributed by atoms with E-state index in [-0.39, 0.29) is 28.5 Å².